The fraction of sp³-hybridized carbons (Fsp3) is 0.651. The molecular weight excluding hydrogens is 673 g/mol. The number of allylic oxidation sites excluding steroid dienone is 14. The molecule has 0 amide bonds. The molecule has 0 rings (SSSR count). The van der Waals surface area contributed by atoms with Crippen LogP contribution in [0.15, 0.2) is 85.1 Å². The lowest BCUT2D eigenvalue weighted by atomic mass is 10.1. The van der Waals surface area contributed by atoms with Crippen LogP contribution < -0.4 is 5.73 Å². The molecular formula is C43H74NO7P. The van der Waals surface area contributed by atoms with Gasteiger partial charge < -0.3 is 20.1 Å². The van der Waals surface area contributed by atoms with Gasteiger partial charge in [-0.2, -0.15) is 0 Å². The minimum absolute atomic E-state index is 0.0879. The Kier molecular flexibility index (Phi) is 38.1. The maximum atomic E-state index is 12.6. The lowest BCUT2D eigenvalue weighted by Crippen LogP contribution is -2.28. The zero-order chi connectivity index (χ0) is 38.1. The van der Waals surface area contributed by atoms with Gasteiger partial charge in [-0.3, -0.25) is 13.8 Å². The third-order valence-electron chi connectivity index (χ3n) is 7.78. The summed E-state index contributed by atoms with van der Waals surface area (Å²) in [6, 6.07) is 0. The first kappa shape index (κ1) is 49.7. The van der Waals surface area contributed by atoms with Crippen LogP contribution in [-0.4, -0.2) is 49.9 Å². The number of nitrogens with two attached hydrogens (primary N) is 1. The molecule has 0 saturated heterocycles. The number of esters is 1. The number of ether oxygens (including phenoxy) is 2. The number of rotatable bonds is 37. The fourth-order valence-corrected chi connectivity index (χ4v) is 5.65. The predicted octanol–water partition coefficient (Wildman–Crippen LogP) is 11.7. The Morgan fingerprint density at radius 1 is 0.596 bits per heavy atom. The first-order valence-corrected chi connectivity index (χ1v) is 21.6. The van der Waals surface area contributed by atoms with Crippen molar-refractivity contribution < 1.29 is 32.8 Å². The summed E-state index contributed by atoms with van der Waals surface area (Å²) in [5, 5.41) is 0. The van der Waals surface area contributed by atoms with Crippen LogP contribution in [0.1, 0.15) is 142 Å². The maximum absolute atomic E-state index is 12.6. The van der Waals surface area contributed by atoms with E-state index in [2.05, 4.69) is 98.9 Å². The normalized spacial score (nSPS) is 14.5. The standard InChI is InChI=1S/C43H74NO7P/c1-3-5-7-9-11-13-15-17-19-20-21-22-23-24-26-28-30-32-34-36-43(45)51-42(41-50-52(46,47)49-39-37-44)40-48-38-35-33-31-29-27-25-18-16-14-12-10-8-6-4-2/h5,7-8,10-11,13-14,16-17,19,21-22,24,26,42H,3-4,6,9,12,15,18,20,23,25,27-41,44H2,1-2H3,(H,46,47)/b7-5-,10-8-,13-11-,16-14-,19-17-,22-21-,26-24-. The lowest BCUT2D eigenvalue weighted by molar-refractivity contribution is -0.154. The van der Waals surface area contributed by atoms with Gasteiger partial charge in [-0.05, 0) is 83.5 Å². The minimum atomic E-state index is -4.29. The van der Waals surface area contributed by atoms with Crippen molar-refractivity contribution in [2.24, 2.45) is 5.73 Å². The molecule has 0 heterocycles. The maximum Gasteiger partial charge on any atom is 0.472 e. The lowest BCUT2D eigenvalue weighted by Gasteiger charge is -2.20. The molecule has 0 aliphatic carbocycles. The van der Waals surface area contributed by atoms with Crippen LogP contribution in [0, 0.1) is 0 Å². The molecule has 0 fully saturated rings. The summed E-state index contributed by atoms with van der Waals surface area (Å²) < 4.78 is 33.3. The van der Waals surface area contributed by atoms with E-state index in [1.807, 2.05) is 0 Å². The largest absolute Gasteiger partial charge is 0.472 e. The average molecular weight is 748 g/mol. The molecule has 0 aliphatic heterocycles. The van der Waals surface area contributed by atoms with Gasteiger partial charge in [0.05, 0.1) is 19.8 Å². The molecule has 9 heteroatoms. The van der Waals surface area contributed by atoms with Gasteiger partial charge in [0.25, 0.3) is 0 Å². The monoisotopic (exact) mass is 748 g/mol. The van der Waals surface area contributed by atoms with E-state index >= 15 is 0 Å². The number of carbonyl (C=O) groups is 1. The van der Waals surface area contributed by atoms with Gasteiger partial charge >= 0.3 is 13.8 Å². The van der Waals surface area contributed by atoms with E-state index in [1.54, 1.807) is 0 Å². The number of hydrogen-bond acceptors (Lipinski definition) is 7. The van der Waals surface area contributed by atoms with Gasteiger partial charge in [0.1, 0.15) is 6.10 Å². The molecule has 0 aromatic carbocycles. The van der Waals surface area contributed by atoms with Crippen molar-refractivity contribution in [1.82, 2.24) is 0 Å². The highest BCUT2D eigenvalue weighted by molar-refractivity contribution is 7.47. The molecule has 8 nitrogen and oxygen atoms in total. The second-order valence-electron chi connectivity index (χ2n) is 12.8. The van der Waals surface area contributed by atoms with Gasteiger partial charge in [0.15, 0.2) is 0 Å². The van der Waals surface area contributed by atoms with Crippen LogP contribution in [-0.2, 0) is 27.9 Å². The molecule has 3 N–H and O–H groups in total. The van der Waals surface area contributed by atoms with Gasteiger partial charge in [-0.1, -0.05) is 137 Å². The minimum Gasteiger partial charge on any atom is -0.457 e. The summed E-state index contributed by atoms with van der Waals surface area (Å²) in [5.41, 5.74) is 5.36. The summed E-state index contributed by atoms with van der Waals surface area (Å²) >= 11 is 0. The Morgan fingerprint density at radius 2 is 1.08 bits per heavy atom. The second kappa shape index (κ2) is 39.9. The van der Waals surface area contributed by atoms with Crippen molar-refractivity contribution in [3.8, 4) is 0 Å². The van der Waals surface area contributed by atoms with E-state index in [0.29, 0.717) is 13.0 Å². The Balaban J connectivity index is 4.18. The van der Waals surface area contributed by atoms with Crippen molar-refractivity contribution >= 4 is 13.8 Å². The summed E-state index contributed by atoms with van der Waals surface area (Å²) in [6.45, 7) is 4.64. The molecule has 2 atom stereocenters. The summed E-state index contributed by atoms with van der Waals surface area (Å²) in [5.74, 6) is -0.370. The molecule has 52 heavy (non-hydrogen) atoms. The molecule has 0 bridgehead atoms. The van der Waals surface area contributed by atoms with Crippen molar-refractivity contribution in [3.63, 3.8) is 0 Å². The van der Waals surface area contributed by atoms with Gasteiger partial charge in [-0.25, -0.2) is 4.57 Å². The smallest absolute Gasteiger partial charge is 0.457 e. The van der Waals surface area contributed by atoms with Crippen LogP contribution in [0.3, 0.4) is 0 Å². The van der Waals surface area contributed by atoms with E-state index in [9.17, 15) is 14.3 Å². The van der Waals surface area contributed by atoms with Gasteiger partial charge in [0, 0.05) is 19.6 Å². The number of carbonyl (C=O) groups excluding carboxylic acids is 1. The van der Waals surface area contributed by atoms with E-state index in [0.717, 1.165) is 89.9 Å². The molecule has 0 aliphatic rings. The molecule has 0 spiro atoms. The van der Waals surface area contributed by atoms with E-state index in [-0.39, 0.29) is 38.8 Å². The fourth-order valence-electron chi connectivity index (χ4n) is 4.88. The highest BCUT2D eigenvalue weighted by Gasteiger charge is 2.25. The Labute approximate surface area is 318 Å². The van der Waals surface area contributed by atoms with Crippen molar-refractivity contribution in [1.29, 1.82) is 0 Å². The summed E-state index contributed by atoms with van der Waals surface area (Å²) in [6.07, 6.45) is 50.2. The first-order valence-electron chi connectivity index (χ1n) is 20.1. The number of phosphoric ester groups is 1. The molecule has 2 unspecified atom stereocenters. The van der Waals surface area contributed by atoms with Crippen LogP contribution in [0.2, 0.25) is 0 Å². The van der Waals surface area contributed by atoms with Crippen molar-refractivity contribution in [3.05, 3.63) is 85.1 Å². The second-order valence-corrected chi connectivity index (χ2v) is 14.2. The molecule has 298 valence electrons. The summed E-state index contributed by atoms with van der Waals surface area (Å²) in [4.78, 5) is 22.4. The van der Waals surface area contributed by atoms with Crippen LogP contribution in [0.4, 0.5) is 0 Å². The highest BCUT2D eigenvalue weighted by atomic mass is 31.2. The van der Waals surface area contributed by atoms with Gasteiger partial charge in [-0.15, -0.1) is 0 Å². The topological polar surface area (TPSA) is 117 Å². The molecule has 0 saturated carbocycles. The van der Waals surface area contributed by atoms with Crippen molar-refractivity contribution in [2.45, 2.75) is 148 Å². The first-order chi connectivity index (χ1) is 25.4. The molecule has 0 radical (unpaired) electrons. The predicted molar refractivity (Wildman–Crippen MR) is 219 cm³/mol. The Morgan fingerprint density at radius 3 is 1.62 bits per heavy atom. The van der Waals surface area contributed by atoms with E-state index < -0.39 is 13.9 Å². The van der Waals surface area contributed by atoms with Crippen LogP contribution in [0.5, 0.6) is 0 Å². The molecule has 0 aromatic heterocycles. The average Bonchev–Trinajstić information content (AvgIpc) is 3.13. The number of hydrogen-bond donors (Lipinski definition) is 2. The highest BCUT2D eigenvalue weighted by Crippen LogP contribution is 2.43. The van der Waals surface area contributed by atoms with E-state index in [1.165, 1.54) is 25.7 Å². The quantitative estimate of drug-likeness (QED) is 0.0279. The summed E-state index contributed by atoms with van der Waals surface area (Å²) in [7, 11) is -4.29. The third kappa shape index (κ3) is 38.9. The Hall–Kier alpha value is -2.32. The van der Waals surface area contributed by atoms with Crippen LogP contribution >= 0.6 is 7.82 Å². The van der Waals surface area contributed by atoms with Crippen molar-refractivity contribution in [2.75, 3.05) is 33.0 Å². The zero-order valence-electron chi connectivity index (χ0n) is 32.8. The Bertz CT molecular complexity index is 1060. The number of phosphoric acid groups is 1. The number of unbranched alkanes of at least 4 members (excludes halogenated alkanes) is 10. The SMILES string of the molecule is CC/C=C\C/C=C\C/C=C\C/C=C\C/C=C\CCCCCC(=O)OC(COCCCCCCCC/C=C\C/C=C\CCC)COP(=O)(O)OCCN. The van der Waals surface area contributed by atoms with Crippen LogP contribution in [0.25, 0.3) is 0 Å². The molecule has 0 aromatic rings. The third-order valence-corrected chi connectivity index (χ3v) is 8.76. The van der Waals surface area contributed by atoms with Gasteiger partial charge in [0.2, 0.25) is 0 Å². The van der Waals surface area contributed by atoms with E-state index in [4.69, 9.17) is 24.3 Å². The zero-order valence-corrected chi connectivity index (χ0v) is 33.7.